The first-order chi connectivity index (χ1) is 9.69. The van der Waals surface area contributed by atoms with Gasteiger partial charge >= 0.3 is 0 Å². The van der Waals surface area contributed by atoms with Gasteiger partial charge in [-0.1, -0.05) is 6.58 Å². The normalized spacial score (nSPS) is 16.4. The van der Waals surface area contributed by atoms with E-state index in [1.54, 1.807) is 12.1 Å². The number of carbonyl (C=O) groups is 2. The molecule has 1 heterocycles. The number of benzene rings is 1. The number of carbonyl (C=O) groups excluding carboxylic acids is 2. The predicted octanol–water partition coefficient (Wildman–Crippen LogP) is 2.17. The highest BCUT2D eigenvalue weighted by Crippen LogP contribution is 2.40. The third kappa shape index (κ3) is 2.39. The van der Waals surface area contributed by atoms with E-state index in [9.17, 15) is 9.59 Å². The second-order valence-corrected chi connectivity index (χ2v) is 4.87. The summed E-state index contributed by atoms with van der Waals surface area (Å²) >= 11 is 0. The largest absolute Gasteiger partial charge is 0.486 e. The molecule has 1 amide bonds. The zero-order chi connectivity index (χ0) is 14.1. The third-order valence-electron chi connectivity index (χ3n) is 3.34. The number of ether oxygens (including phenoxy) is 2. The highest BCUT2D eigenvalue weighted by Gasteiger charge is 2.33. The molecule has 0 bridgehead atoms. The van der Waals surface area contributed by atoms with Crippen molar-refractivity contribution in [1.82, 2.24) is 0 Å². The molecule has 0 atom stereocenters. The molecule has 1 aromatic carbocycles. The van der Waals surface area contributed by atoms with Gasteiger partial charge in [-0.15, -0.1) is 0 Å². The number of amides is 1. The number of Topliss-reactive ketones (excluding diaryl/α,β-unsaturated/α-hetero) is 1. The molecule has 1 saturated carbocycles. The zero-order valence-corrected chi connectivity index (χ0v) is 11.0. The highest BCUT2D eigenvalue weighted by atomic mass is 16.6. The molecular weight excluding hydrogens is 258 g/mol. The van der Waals surface area contributed by atoms with Crippen LogP contribution >= 0.6 is 0 Å². The second-order valence-electron chi connectivity index (χ2n) is 4.87. The van der Waals surface area contributed by atoms with Crippen molar-refractivity contribution in [3.63, 3.8) is 0 Å². The van der Waals surface area contributed by atoms with E-state index in [0.717, 1.165) is 12.8 Å². The summed E-state index contributed by atoms with van der Waals surface area (Å²) in [4.78, 5) is 23.8. The number of hydrogen-bond acceptors (Lipinski definition) is 4. The van der Waals surface area contributed by atoms with Crippen LogP contribution in [0.3, 0.4) is 0 Å². The smallest absolute Gasteiger partial charge is 0.247 e. The van der Waals surface area contributed by atoms with Gasteiger partial charge in [-0.25, -0.2) is 0 Å². The van der Waals surface area contributed by atoms with Crippen molar-refractivity contribution in [2.45, 2.75) is 12.8 Å². The Labute approximate surface area is 116 Å². The van der Waals surface area contributed by atoms with Crippen molar-refractivity contribution >= 4 is 17.4 Å². The lowest BCUT2D eigenvalue weighted by Gasteiger charge is -2.21. The maximum Gasteiger partial charge on any atom is 0.247 e. The fourth-order valence-corrected chi connectivity index (χ4v) is 2.15. The Morgan fingerprint density at radius 1 is 1.20 bits per heavy atom. The van der Waals surface area contributed by atoms with Gasteiger partial charge in [0.1, 0.15) is 13.2 Å². The minimum atomic E-state index is -0.355. The van der Waals surface area contributed by atoms with Crippen LogP contribution in [0.15, 0.2) is 24.8 Å². The van der Waals surface area contributed by atoms with Crippen molar-refractivity contribution in [3.05, 3.63) is 30.4 Å². The molecule has 0 saturated heterocycles. The monoisotopic (exact) mass is 273 g/mol. The van der Waals surface area contributed by atoms with Gasteiger partial charge in [0, 0.05) is 17.5 Å². The molecule has 1 aromatic rings. The fraction of sp³-hybridized carbons (Fsp3) is 0.333. The van der Waals surface area contributed by atoms with E-state index in [4.69, 9.17) is 9.47 Å². The molecule has 20 heavy (non-hydrogen) atoms. The highest BCUT2D eigenvalue weighted by molar-refractivity contribution is 6.09. The van der Waals surface area contributed by atoms with Gasteiger partial charge in [0.25, 0.3) is 0 Å². The average Bonchev–Trinajstić information content (AvgIpc) is 3.30. The van der Waals surface area contributed by atoms with Gasteiger partial charge < -0.3 is 14.8 Å². The average molecular weight is 273 g/mol. The van der Waals surface area contributed by atoms with E-state index in [2.05, 4.69) is 11.9 Å². The summed E-state index contributed by atoms with van der Waals surface area (Å²) < 4.78 is 11.0. The van der Waals surface area contributed by atoms with Crippen LogP contribution in [0.25, 0.3) is 0 Å². The summed E-state index contributed by atoms with van der Waals surface area (Å²) in [6, 6.07) is 3.30. The van der Waals surface area contributed by atoms with Crippen molar-refractivity contribution in [2.24, 2.45) is 5.92 Å². The molecule has 0 aromatic heterocycles. The topological polar surface area (TPSA) is 64.6 Å². The number of nitrogens with one attached hydrogen (secondary N) is 1. The Morgan fingerprint density at radius 2 is 1.85 bits per heavy atom. The zero-order valence-electron chi connectivity index (χ0n) is 11.0. The summed E-state index contributed by atoms with van der Waals surface area (Å²) in [6.45, 7) is 4.33. The molecule has 0 radical (unpaired) electrons. The van der Waals surface area contributed by atoms with Crippen LogP contribution in [-0.4, -0.2) is 24.9 Å². The van der Waals surface area contributed by atoms with Gasteiger partial charge in [0.2, 0.25) is 5.91 Å². The summed E-state index contributed by atoms with van der Waals surface area (Å²) in [5.74, 6) is 0.851. The first kappa shape index (κ1) is 12.7. The Kier molecular flexibility index (Phi) is 3.18. The number of ketones is 1. The van der Waals surface area contributed by atoms with Crippen LogP contribution < -0.4 is 14.8 Å². The standard InChI is InChI=1S/C15H15NO4/c1-2-14(17)16-11-8-13-12(19-5-6-20-13)7-10(11)15(18)9-3-4-9/h2,7-9H,1,3-6H2,(H,16,17). The summed E-state index contributed by atoms with van der Waals surface area (Å²) in [7, 11) is 0. The van der Waals surface area contributed by atoms with Crippen molar-refractivity contribution in [3.8, 4) is 11.5 Å². The van der Waals surface area contributed by atoms with Crippen molar-refractivity contribution < 1.29 is 19.1 Å². The van der Waals surface area contributed by atoms with Crippen molar-refractivity contribution in [1.29, 1.82) is 0 Å². The van der Waals surface area contributed by atoms with Gasteiger partial charge in [-0.2, -0.15) is 0 Å². The lowest BCUT2D eigenvalue weighted by Crippen LogP contribution is -2.18. The molecule has 1 fully saturated rings. The van der Waals surface area contributed by atoms with Gasteiger partial charge in [-0.05, 0) is 25.0 Å². The molecule has 2 aliphatic rings. The van der Waals surface area contributed by atoms with E-state index in [-0.39, 0.29) is 17.6 Å². The quantitative estimate of drug-likeness (QED) is 0.674. The molecule has 1 aliphatic heterocycles. The SMILES string of the molecule is C=CC(=O)Nc1cc2c(cc1C(=O)C1CC1)OCCO2. The van der Waals surface area contributed by atoms with Gasteiger partial charge in [0.15, 0.2) is 17.3 Å². The van der Waals surface area contributed by atoms with Crippen LogP contribution in [-0.2, 0) is 4.79 Å². The Bertz CT molecular complexity index is 590. The number of hydrogen-bond donors (Lipinski definition) is 1. The van der Waals surface area contributed by atoms with Gasteiger partial charge in [0.05, 0.1) is 5.69 Å². The third-order valence-corrected chi connectivity index (χ3v) is 3.34. The number of anilines is 1. The first-order valence-electron chi connectivity index (χ1n) is 6.60. The molecule has 0 spiro atoms. The lowest BCUT2D eigenvalue weighted by atomic mass is 10.0. The Morgan fingerprint density at radius 3 is 2.45 bits per heavy atom. The lowest BCUT2D eigenvalue weighted by molar-refractivity contribution is -0.111. The van der Waals surface area contributed by atoms with Crippen LogP contribution in [0.2, 0.25) is 0 Å². The van der Waals surface area contributed by atoms with Crippen LogP contribution in [0.4, 0.5) is 5.69 Å². The summed E-state index contributed by atoms with van der Waals surface area (Å²) in [5, 5.41) is 2.66. The maximum atomic E-state index is 12.3. The molecule has 104 valence electrons. The summed E-state index contributed by atoms with van der Waals surface area (Å²) in [6.07, 6.45) is 2.98. The van der Waals surface area contributed by atoms with Crippen LogP contribution in [0, 0.1) is 5.92 Å². The summed E-state index contributed by atoms with van der Waals surface area (Å²) in [5.41, 5.74) is 0.933. The molecule has 1 N–H and O–H groups in total. The molecule has 3 rings (SSSR count). The van der Waals surface area contributed by atoms with Crippen molar-refractivity contribution in [2.75, 3.05) is 18.5 Å². The molecule has 5 nitrogen and oxygen atoms in total. The van der Waals surface area contributed by atoms with Crippen LogP contribution in [0.5, 0.6) is 11.5 Å². The predicted molar refractivity (Wildman–Crippen MR) is 73.3 cm³/mol. The fourth-order valence-electron chi connectivity index (χ4n) is 2.15. The van der Waals surface area contributed by atoms with E-state index < -0.39 is 0 Å². The van der Waals surface area contributed by atoms with E-state index in [0.29, 0.717) is 36.0 Å². The van der Waals surface area contributed by atoms with E-state index >= 15 is 0 Å². The minimum Gasteiger partial charge on any atom is -0.486 e. The van der Waals surface area contributed by atoms with Gasteiger partial charge in [-0.3, -0.25) is 9.59 Å². The Hall–Kier alpha value is -2.30. The number of fused-ring (bicyclic) bond motifs is 1. The Balaban J connectivity index is 2.01. The molecule has 0 unspecified atom stereocenters. The van der Waals surface area contributed by atoms with E-state index in [1.165, 1.54) is 6.08 Å². The first-order valence-corrected chi connectivity index (χ1v) is 6.60. The minimum absolute atomic E-state index is 0.0429. The van der Waals surface area contributed by atoms with E-state index in [1.807, 2.05) is 0 Å². The molecule has 1 aliphatic carbocycles. The maximum absolute atomic E-state index is 12.3. The molecule has 5 heteroatoms. The van der Waals surface area contributed by atoms with Crippen LogP contribution in [0.1, 0.15) is 23.2 Å². The number of rotatable bonds is 4. The second kappa shape index (κ2) is 5.00. The molecular formula is C15H15NO4.